The molecular formula is C21H27N4O3-. The van der Waals surface area contributed by atoms with Gasteiger partial charge in [0.25, 0.3) is 0 Å². The van der Waals surface area contributed by atoms with Gasteiger partial charge in [-0.1, -0.05) is 74.0 Å². The van der Waals surface area contributed by atoms with E-state index in [1.165, 1.54) is 0 Å². The van der Waals surface area contributed by atoms with Crippen molar-refractivity contribution in [3.05, 3.63) is 46.3 Å². The van der Waals surface area contributed by atoms with Crippen molar-refractivity contribution in [1.82, 2.24) is 0 Å². The molecule has 2 rings (SSSR count). The first-order valence-electron chi connectivity index (χ1n) is 9.96. The summed E-state index contributed by atoms with van der Waals surface area (Å²) in [6, 6.07) is 9.84. The number of hydrogen-bond donors (Lipinski definition) is 0. The number of carbonyl (C=O) groups excluding carboxylic acids is 2. The molecule has 1 aromatic rings. The fraction of sp³-hybridized carbons (Fsp3) is 0.571. The second kappa shape index (κ2) is 12.7. The summed E-state index contributed by atoms with van der Waals surface area (Å²) < 4.78 is 5.00. The summed E-state index contributed by atoms with van der Waals surface area (Å²) in [4.78, 5) is 30.7. The van der Waals surface area contributed by atoms with Crippen LogP contribution in [0, 0.1) is 5.92 Å². The topological polar surface area (TPSA) is 104 Å². The van der Waals surface area contributed by atoms with Crippen LogP contribution in [0.1, 0.15) is 56.9 Å². The molecule has 0 radical (unpaired) electrons. The number of Topliss-reactive ketones (excluding diaryl/α,β-unsaturated/α-hetero) is 1. The SMILES string of the molecule is [N-]=[N+]=NCCCCCCCCC[C@@H](Cc1ccccc1)C(=O)C1O[C-]=NC1=O. The van der Waals surface area contributed by atoms with Gasteiger partial charge in [0, 0.05) is 23.8 Å². The van der Waals surface area contributed by atoms with E-state index in [9.17, 15) is 9.59 Å². The minimum absolute atomic E-state index is 0.194. The Labute approximate surface area is 165 Å². The van der Waals surface area contributed by atoms with Crippen LogP contribution in [0.2, 0.25) is 0 Å². The highest BCUT2D eigenvalue weighted by Gasteiger charge is 2.29. The lowest BCUT2D eigenvalue weighted by Gasteiger charge is -2.21. The maximum Gasteiger partial charge on any atom is 0.166 e. The third-order valence-corrected chi connectivity index (χ3v) is 4.91. The van der Waals surface area contributed by atoms with Crippen molar-refractivity contribution in [2.24, 2.45) is 16.0 Å². The summed E-state index contributed by atoms with van der Waals surface area (Å²) in [5, 5.41) is 3.53. The lowest BCUT2D eigenvalue weighted by Crippen LogP contribution is -2.34. The van der Waals surface area contributed by atoms with Gasteiger partial charge in [-0.3, -0.25) is 4.79 Å². The number of carbonyl (C=O) groups is 2. The predicted octanol–water partition coefficient (Wildman–Crippen LogP) is 4.68. The van der Waals surface area contributed by atoms with Gasteiger partial charge in [-0.15, -0.1) is 0 Å². The fourth-order valence-electron chi connectivity index (χ4n) is 3.37. The third-order valence-electron chi connectivity index (χ3n) is 4.91. The van der Waals surface area contributed by atoms with E-state index in [4.69, 9.17) is 10.3 Å². The zero-order valence-electron chi connectivity index (χ0n) is 16.1. The van der Waals surface area contributed by atoms with Crippen molar-refractivity contribution in [2.75, 3.05) is 6.54 Å². The number of hydrogen-bond acceptors (Lipinski definition) is 4. The molecule has 1 aromatic carbocycles. The third kappa shape index (κ3) is 7.53. The first-order chi connectivity index (χ1) is 13.7. The number of aliphatic imine (C=N–C) groups is 1. The Hall–Kier alpha value is -2.66. The van der Waals surface area contributed by atoms with E-state index in [1.54, 1.807) is 0 Å². The van der Waals surface area contributed by atoms with Gasteiger partial charge in [0.1, 0.15) is 12.0 Å². The molecule has 1 aliphatic rings. The van der Waals surface area contributed by atoms with E-state index >= 15 is 0 Å². The number of benzene rings is 1. The summed E-state index contributed by atoms with van der Waals surface area (Å²) in [5.74, 6) is -1.00. The Morgan fingerprint density at radius 3 is 2.46 bits per heavy atom. The van der Waals surface area contributed by atoms with Crippen molar-refractivity contribution >= 4 is 18.1 Å². The van der Waals surface area contributed by atoms with Crippen LogP contribution in [0.4, 0.5) is 0 Å². The molecule has 7 nitrogen and oxygen atoms in total. The molecule has 0 aromatic heterocycles. The second-order valence-corrected chi connectivity index (χ2v) is 7.05. The van der Waals surface area contributed by atoms with Crippen molar-refractivity contribution in [3.8, 4) is 0 Å². The molecule has 1 aliphatic heterocycles. The van der Waals surface area contributed by atoms with Gasteiger partial charge in [0.2, 0.25) is 0 Å². The number of amides is 1. The zero-order valence-corrected chi connectivity index (χ0v) is 16.1. The summed E-state index contributed by atoms with van der Waals surface area (Å²) >= 11 is 0. The number of rotatable bonds is 14. The molecule has 28 heavy (non-hydrogen) atoms. The second-order valence-electron chi connectivity index (χ2n) is 7.05. The molecule has 0 aliphatic carbocycles. The van der Waals surface area contributed by atoms with Crippen LogP contribution in [0.3, 0.4) is 0 Å². The van der Waals surface area contributed by atoms with Crippen LogP contribution in [0.15, 0.2) is 40.4 Å². The van der Waals surface area contributed by atoms with Gasteiger partial charge in [-0.2, -0.15) is 0 Å². The molecule has 1 heterocycles. The average molecular weight is 383 g/mol. The maximum atomic E-state index is 12.8. The largest absolute Gasteiger partial charge is 0.570 e. The molecule has 150 valence electrons. The lowest BCUT2D eigenvalue weighted by molar-refractivity contribution is -0.137. The van der Waals surface area contributed by atoms with E-state index in [1.807, 2.05) is 30.3 Å². The smallest absolute Gasteiger partial charge is 0.166 e. The molecule has 1 amide bonds. The van der Waals surface area contributed by atoms with Gasteiger partial charge in [-0.05, 0) is 30.4 Å². The van der Waals surface area contributed by atoms with Gasteiger partial charge < -0.3 is 14.5 Å². The van der Waals surface area contributed by atoms with Crippen molar-refractivity contribution in [2.45, 2.75) is 63.9 Å². The molecule has 0 spiro atoms. The van der Waals surface area contributed by atoms with E-state index < -0.39 is 12.0 Å². The molecule has 0 N–H and O–H groups in total. The fourth-order valence-corrected chi connectivity index (χ4v) is 3.37. The first kappa shape index (κ1) is 21.6. The quantitative estimate of drug-likeness (QED) is 0.116. The Kier molecular flexibility index (Phi) is 9.80. The van der Waals surface area contributed by atoms with Crippen LogP contribution in [-0.4, -0.2) is 30.7 Å². The summed E-state index contributed by atoms with van der Waals surface area (Å²) in [5.41, 5.74) is 9.31. The van der Waals surface area contributed by atoms with Gasteiger partial charge >= 0.3 is 0 Å². The zero-order chi connectivity index (χ0) is 20.0. The van der Waals surface area contributed by atoms with Crippen LogP contribution in [0.25, 0.3) is 10.4 Å². The van der Waals surface area contributed by atoms with Gasteiger partial charge in [0.15, 0.2) is 5.78 Å². The van der Waals surface area contributed by atoms with Gasteiger partial charge in [-0.25, -0.2) is 0 Å². The minimum Gasteiger partial charge on any atom is -0.570 e. The number of ketones is 1. The molecule has 0 saturated carbocycles. The molecule has 0 bridgehead atoms. The van der Waals surface area contributed by atoms with E-state index in [0.717, 1.165) is 56.9 Å². The van der Waals surface area contributed by atoms with Crippen LogP contribution < -0.4 is 0 Å². The van der Waals surface area contributed by atoms with Crippen molar-refractivity contribution in [3.63, 3.8) is 0 Å². The lowest BCUT2D eigenvalue weighted by atomic mass is 9.87. The molecule has 2 atom stereocenters. The first-order valence-corrected chi connectivity index (χ1v) is 9.96. The summed E-state index contributed by atoms with van der Waals surface area (Å²) in [6.07, 6.45) is 9.76. The molecule has 7 heteroatoms. The normalized spacial score (nSPS) is 16.4. The molecular weight excluding hydrogens is 356 g/mol. The maximum absolute atomic E-state index is 12.8. The Morgan fingerprint density at radius 1 is 1.14 bits per heavy atom. The standard InChI is InChI=1S/C21H27N4O3/c22-25-24-14-10-5-3-1-2-4-9-13-18(15-17-11-7-6-8-12-17)19(26)20-21(27)23-16-28-20/h6-8,11-12,18,20H,1-5,9-10,13-15H2/q-1/t18-,20?/m0/s1. The van der Waals surface area contributed by atoms with Gasteiger partial charge in [0.05, 0.1) is 0 Å². The summed E-state index contributed by atoms with van der Waals surface area (Å²) in [6.45, 7) is 0.572. The highest BCUT2D eigenvalue weighted by atomic mass is 16.5. The van der Waals surface area contributed by atoms with Crippen LogP contribution in [-0.2, 0) is 20.7 Å². The van der Waals surface area contributed by atoms with E-state index in [-0.39, 0.29) is 11.7 Å². The van der Waals surface area contributed by atoms with Crippen LogP contribution >= 0.6 is 0 Å². The average Bonchev–Trinajstić information content (AvgIpc) is 3.14. The highest BCUT2D eigenvalue weighted by Crippen LogP contribution is 2.21. The Bertz CT molecular complexity index is 699. The molecule has 0 saturated heterocycles. The number of azide groups is 1. The minimum atomic E-state index is -1.12. The van der Waals surface area contributed by atoms with Crippen LogP contribution in [0.5, 0.6) is 0 Å². The molecule has 1 unspecified atom stereocenters. The van der Waals surface area contributed by atoms with Crippen molar-refractivity contribution in [1.29, 1.82) is 0 Å². The monoisotopic (exact) mass is 383 g/mol. The Balaban J connectivity index is 1.74. The number of unbranched alkanes of at least 4 members (excludes halogenated alkanes) is 6. The molecule has 0 fully saturated rings. The predicted molar refractivity (Wildman–Crippen MR) is 107 cm³/mol. The van der Waals surface area contributed by atoms with Crippen molar-refractivity contribution < 1.29 is 14.3 Å². The highest BCUT2D eigenvalue weighted by molar-refractivity contribution is 6.10. The Morgan fingerprint density at radius 2 is 1.82 bits per heavy atom. The van der Waals surface area contributed by atoms with E-state index in [2.05, 4.69) is 21.4 Å². The summed E-state index contributed by atoms with van der Waals surface area (Å²) in [7, 11) is 0. The number of nitrogens with zero attached hydrogens (tertiary/aromatic N) is 4. The number of ether oxygens (including phenoxy) is 1. The van der Waals surface area contributed by atoms with E-state index in [0.29, 0.717) is 13.0 Å².